The van der Waals surface area contributed by atoms with Crippen LogP contribution in [0.2, 0.25) is 0 Å². The van der Waals surface area contributed by atoms with E-state index >= 15 is 8.78 Å². The van der Waals surface area contributed by atoms with Crippen molar-refractivity contribution in [3.63, 3.8) is 0 Å². The Balaban J connectivity index is 0.889. The first-order valence-electron chi connectivity index (χ1n) is 20.8. The summed E-state index contributed by atoms with van der Waals surface area (Å²) in [5, 5.41) is 33.0. The Kier molecular flexibility index (Phi) is 10.2. The van der Waals surface area contributed by atoms with Gasteiger partial charge < -0.3 is 39.2 Å². The summed E-state index contributed by atoms with van der Waals surface area (Å²) in [6.45, 7) is 4.91. The number of carbonyl (C=O) groups is 5. The largest absolute Gasteiger partial charge is 0.492 e. The van der Waals surface area contributed by atoms with Gasteiger partial charge in [0.05, 0.1) is 30.5 Å². The number of fused-ring (bicyclic) bond motifs is 6. The van der Waals surface area contributed by atoms with Crippen LogP contribution in [0.4, 0.5) is 14.5 Å². The number of halogens is 2. The van der Waals surface area contributed by atoms with E-state index in [1.165, 1.54) is 25.5 Å². The monoisotopic (exact) mass is 835 g/mol. The van der Waals surface area contributed by atoms with Crippen LogP contribution in [0, 0.1) is 28.5 Å². The summed E-state index contributed by atoms with van der Waals surface area (Å²) in [7, 11) is 1.35. The molecule has 2 unspecified atom stereocenters. The molecule has 4 saturated carbocycles. The van der Waals surface area contributed by atoms with Gasteiger partial charge >= 0.3 is 11.9 Å². The number of rotatable bonds is 10. The maximum Gasteiger partial charge on any atom is 0.341 e. The average Bonchev–Trinajstić information content (AvgIpc) is 4.01. The van der Waals surface area contributed by atoms with Gasteiger partial charge in [0.15, 0.2) is 29.6 Å². The van der Waals surface area contributed by atoms with Crippen LogP contribution >= 0.6 is 0 Å². The van der Waals surface area contributed by atoms with Gasteiger partial charge in [0.2, 0.25) is 17.1 Å². The first-order valence-corrected chi connectivity index (χ1v) is 20.8. The van der Waals surface area contributed by atoms with Crippen molar-refractivity contribution in [2.24, 2.45) is 22.7 Å². The molecule has 1 amide bonds. The van der Waals surface area contributed by atoms with Gasteiger partial charge in [-0.1, -0.05) is 18.6 Å². The van der Waals surface area contributed by atoms with E-state index in [0.29, 0.717) is 30.4 Å². The number of esters is 1. The topological polar surface area (TPSA) is 193 Å². The van der Waals surface area contributed by atoms with Crippen LogP contribution in [-0.4, -0.2) is 111 Å². The number of aliphatic hydroxyl groups is 2. The Hall–Kier alpha value is -4.96. The molecule has 16 heteroatoms. The number of carboxylic acid groups (broad SMARTS) is 1. The Morgan fingerprint density at radius 3 is 2.43 bits per heavy atom. The third kappa shape index (κ3) is 6.13. The second-order valence-corrected chi connectivity index (χ2v) is 18.1. The zero-order valence-corrected chi connectivity index (χ0v) is 34.2. The lowest BCUT2D eigenvalue weighted by molar-refractivity contribution is -0.217. The summed E-state index contributed by atoms with van der Waals surface area (Å²) < 4.78 is 46.0. The van der Waals surface area contributed by atoms with Crippen molar-refractivity contribution in [2.75, 3.05) is 38.3 Å². The molecule has 0 spiro atoms. The number of carboxylic acids is 1. The van der Waals surface area contributed by atoms with E-state index in [1.807, 2.05) is 0 Å². The van der Waals surface area contributed by atoms with Gasteiger partial charge in [-0.25, -0.2) is 13.6 Å². The molecule has 14 nitrogen and oxygen atoms in total. The summed E-state index contributed by atoms with van der Waals surface area (Å²) in [4.78, 5) is 80.4. The van der Waals surface area contributed by atoms with E-state index in [9.17, 15) is 44.1 Å². The number of hydrogen-bond acceptors (Lipinski definition) is 11. The Bertz CT molecular complexity index is 2340. The quantitative estimate of drug-likeness (QED) is 0.289. The molecule has 8 atom stereocenters. The number of aliphatic hydroxyl groups excluding tert-OH is 1. The Labute approximate surface area is 344 Å². The molecule has 1 aromatic heterocycles. The van der Waals surface area contributed by atoms with Gasteiger partial charge in [0.1, 0.15) is 16.9 Å². The minimum atomic E-state index is -2.12. The van der Waals surface area contributed by atoms with E-state index in [1.54, 1.807) is 41.2 Å². The number of allylic oxidation sites excluding steroid dienone is 4. The fourth-order valence-electron chi connectivity index (χ4n) is 11.6. The second kappa shape index (κ2) is 14.6. The van der Waals surface area contributed by atoms with Crippen LogP contribution in [-0.2, 0) is 23.9 Å². The number of benzene rings is 1. The number of nitrogens with zero attached hydrogens (tertiary/aromatic N) is 3. The predicted octanol–water partition coefficient (Wildman–Crippen LogP) is 4.21. The van der Waals surface area contributed by atoms with E-state index in [0.717, 1.165) is 18.9 Å². The lowest BCUT2D eigenvalue weighted by Crippen LogP contribution is -2.69. The number of ether oxygens (including phenoxy) is 2. The van der Waals surface area contributed by atoms with E-state index in [2.05, 4.69) is 0 Å². The number of ketones is 2. The molecule has 1 saturated heterocycles. The fourth-order valence-corrected chi connectivity index (χ4v) is 11.6. The number of piperazine rings is 1. The number of methoxy groups -OCH3 is 1. The normalized spacial score (nSPS) is 33.5. The molecule has 0 bridgehead atoms. The van der Waals surface area contributed by atoms with Crippen molar-refractivity contribution < 1.29 is 57.5 Å². The van der Waals surface area contributed by atoms with Crippen molar-refractivity contribution in [1.82, 2.24) is 9.47 Å². The second-order valence-electron chi connectivity index (χ2n) is 18.1. The smallest absolute Gasteiger partial charge is 0.341 e. The number of anilines is 1. The number of aromatic carboxylic acids is 1. The number of carbonyl (C=O) groups excluding carboxylic acids is 4. The molecule has 8 rings (SSSR count). The number of amides is 1. The highest BCUT2D eigenvalue weighted by molar-refractivity contribution is 6.01. The third-order valence-electron chi connectivity index (χ3n) is 15.0. The minimum Gasteiger partial charge on any atom is -0.492 e. The van der Waals surface area contributed by atoms with Gasteiger partial charge in [0.25, 0.3) is 0 Å². The number of aromatic nitrogens is 1. The van der Waals surface area contributed by atoms with Crippen molar-refractivity contribution in [3.8, 4) is 5.75 Å². The first-order chi connectivity index (χ1) is 28.3. The maximum atomic E-state index is 17.4. The van der Waals surface area contributed by atoms with Gasteiger partial charge in [-0.3, -0.25) is 24.0 Å². The maximum absolute atomic E-state index is 17.4. The Morgan fingerprint density at radius 2 is 1.77 bits per heavy atom. The summed E-state index contributed by atoms with van der Waals surface area (Å²) >= 11 is 0. The third-order valence-corrected chi connectivity index (χ3v) is 15.0. The van der Waals surface area contributed by atoms with Crippen molar-refractivity contribution in [1.29, 1.82) is 0 Å². The van der Waals surface area contributed by atoms with E-state index < -0.39 is 87.2 Å². The average molecular weight is 836 g/mol. The first kappa shape index (κ1) is 41.8. The summed E-state index contributed by atoms with van der Waals surface area (Å²) in [5.74, 6) is -5.43. The van der Waals surface area contributed by atoms with E-state index in [4.69, 9.17) is 9.47 Å². The molecule has 2 heterocycles. The number of alkyl halides is 1. The van der Waals surface area contributed by atoms with Gasteiger partial charge in [0, 0.05) is 61.1 Å². The van der Waals surface area contributed by atoms with E-state index in [-0.39, 0.29) is 79.9 Å². The van der Waals surface area contributed by atoms with Crippen molar-refractivity contribution in [3.05, 3.63) is 57.7 Å². The highest BCUT2D eigenvalue weighted by Gasteiger charge is 2.74. The van der Waals surface area contributed by atoms with Gasteiger partial charge in [-0.05, 0) is 82.9 Å². The lowest BCUT2D eigenvalue weighted by Gasteiger charge is -2.62. The molecular formula is C44H51F2N3O11. The van der Waals surface area contributed by atoms with Crippen LogP contribution in [0.1, 0.15) is 95.0 Å². The molecule has 1 aliphatic heterocycles. The summed E-state index contributed by atoms with van der Waals surface area (Å²) in [6.07, 6.45) is 5.88. The predicted molar refractivity (Wildman–Crippen MR) is 212 cm³/mol. The van der Waals surface area contributed by atoms with Crippen LogP contribution in [0.15, 0.2) is 40.9 Å². The molecule has 60 heavy (non-hydrogen) atoms. The molecule has 6 aliphatic rings. The molecule has 3 N–H and O–H groups in total. The Morgan fingerprint density at radius 1 is 1.03 bits per heavy atom. The van der Waals surface area contributed by atoms with Gasteiger partial charge in [-0.2, -0.15) is 0 Å². The molecule has 5 aliphatic carbocycles. The van der Waals surface area contributed by atoms with Crippen LogP contribution < -0.4 is 15.1 Å². The van der Waals surface area contributed by atoms with Gasteiger partial charge in [-0.15, -0.1) is 0 Å². The summed E-state index contributed by atoms with van der Waals surface area (Å²) in [6, 6.07) is 0.522. The number of pyridine rings is 1. The fraction of sp³-hybridized carbons (Fsp3) is 0.591. The van der Waals surface area contributed by atoms with Crippen molar-refractivity contribution >= 4 is 46.0 Å². The SMILES string of the molecule is COc1c(N2CCN(C(=O)CCC(=O)OCC(=O)[C@@]3(O)CC[C@H]4C5CCC6=CC(=O)C=C[C@]6(C)[C@@]5(F)[C@@H](O)C[C@@]43C)C(C)C2)c(F)cc2c(=O)c(C(=O)O)cn(C3CC3)c12. The molecule has 322 valence electrons. The lowest BCUT2D eigenvalue weighted by atomic mass is 9.44. The molecule has 5 fully saturated rings. The summed E-state index contributed by atoms with van der Waals surface area (Å²) in [5.41, 5.74) is -6.80. The van der Waals surface area contributed by atoms with Crippen LogP contribution in [0.3, 0.4) is 0 Å². The molecule has 1 aromatic carbocycles. The number of Topliss-reactive ketones (excluding diaryl/α,β-unsaturated/α-hetero) is 1. The number of hydrogen-bond donors (Lipinski definition) is 3. The zero-order chi connectivity index (χ0) is 43.3. The highest BCUT2D eigenvalue weighted by atomic mass is 19.1. The zero-order valence-electron chi connectivity index (χ0n) is 34.2. The molecule has 2 aromatic rings. The molecular weight excluding hydrogens is 784 g/mol. The van der Waals surface area contributed by atoms with Crippen LogP contribution in [0.25, 0.3) is 10.9 Å². The minimum absolute atomic E-state index is 0.000764. The highest BCUT2D eigenvalue weighted by Crippen LogP contribution is 2.69. The molecule has 0 radical (unpaired) electrons. The van der Waals surface area contributed by atoms with Crippen molar-refractivity contribution in [2.45, 2.75) is 108 Å². The standard InChI is InChI=1S/C44H51F2N3O11/c1-23-20-47(37-31(45)18-27-36(39(37)59-4)49(25-6-7-25)21-28(38(27)55)40(56)57)15-16-48(23)34(53)9-10-35(54)60-22-33(52)43(58)14-12-29-30-8-5-24-17-26(50)11-13-41(24,2)44(30,46)32(51)19-42(29,43)3/h11,13,17-18,21,23,25,29-30,32,51,58H,5-10,12,14-16,19-20,22H2,1-4H3,(H,56,57)/t23?,29-,30?,32-,41-,42-,43-,44-/m0/s1. The van der Waals surface area contributed by atoms with Crippen LogP contribution in [0.5, 0.6) is 5.75 Å².